The number of carbonyl (C=O) groups excluding carboxylic acids is 2. The zero-order valence-corrected chi connectivity index (χ0v) is 14.8. The molecule has 2 unspecified atom stereocenters. The fourth-order valence-corrected chi connectivity index (χ4v) is 3.22. The molecule has 0 spiro atoms. The van der Waals surface area contributed by atoms with Crippen molar-refractivity contribution >= 4 is 11.8 Å². The van der Waals surface area contributed by atoms with Gasteiger partial charge in [0.2, 0.25) is 11.8 Å². The molecule has 26 heavy (non-hydrogen) atoms. The topological polar surface area (TPSA) is 58.6 Å². The van der Waals surface area contributed by atoms with Gasteiger partial charge in [-0.05, 0) is 30.5 Å². The fraction of sp³-hybridized carbons (Fsp3) is 0.556. The van der Waals surface area contributed by atoms with E-state index in [1.54, 1.807) is 6.07 Å². The van der Waals surface area contributed by atoms with E-state index in [1.165, 1.54) is 25.0 Å². The minimum absolute atomic E-state index is 0.171. The van der Waals surface area contributed by atoms with Crippen molar-refractivity contribution in [3.8, 4) is 0 Å². The first-order valence-corrected chi connectivity index (χ1v) is 8.45. The Morgan fingerprint density at radius 2 is 2.04 bits per heavy atom. The van der Waals surface area contributed by atoms with Gasteiger partial charge >= 0.3 is 6.18 Å². The number of ether oxygens (including phenoxy) is 1. The van der Waals surface area contributed by atoms with Crippen LogP contribution < -0.4 is 5.32 Å². The third-order valence-corrected chi connectivity index (χ3v) is 4.56. The molecule has 1 aliphatic rings. The molecule has 144 valence electrons. The summed E-state index contributed by atoms with van der Waals surface area (Å²) in [5.74, 6) is -0.810. The SMILES string of the molecule is COCCNC(=O)C1CCC(c2cccc(C(F)(F)F)c2)N(C(C)=O)C1. The Morgan fingerprint density at radius 1 is 1.31 bits per heavy atom. The van der Waals surface area contributed by atoms with Crippen LogP contribution in [0.3, 0.4) is 0 Å². The van der Waals surface area contributed by atoms with Crippen molar-refractivity contribution in [3.05, 3.63) is 35.4 Å². The summed E-state index contributed by atoms with van der Waals surface area (Å²) < 4.78 is 43.8. The summed E-state index contributed by atoms with van der Waals surface area (Å²) in [5.41, 5.74) is -0.300. The lowest BCUT2D eigenvalue weighted by Gasteiger charge is -2.39. The number of hydrogen-bond donors (Lipinski definition) is 1. The molecular formula is C18H23F3N2O3. The van der Waals surface area contributed by atoms with Crippen LogP contribution in [0.1, 0.15) is 36.9 Å². The Morgan fingerprint density at radius 3 is 2.65 bits per heavy atom. The molecule has 2 atom stereocenters. The lowest BCUT2D eigenvalue weighted by molar-refractivity contribution is -0.137. The maximum Gasteiger partial charge on any atom is 0.416 e. The molecule has 8 heteroatoms. The van der Waals surface area contributed by atoms with Crippen molar-refractivity contribution < 1.29 is 27.5 Å². The average Bonchev–Trinajstić information content (AvgIpc) is 2.60. The highest BCUT2D eigenvalue weighted by Crippen LogP contribution is 2.36. The van der Waals surface area contributed by atoms with Crippen molar-refractivity contribution in [1.29, 1.82) is 0 Å². The Balaban J connectivity index is 2.14. The number of carbonyl (C=O) groups is 2. The first-order valence-electron chi connectivity index (χ1n) is 8.45. The summed E-state index contributed by atoms with van der Waals surface area (Å²) in [7, 11) is 1.53. The summed E-state index contributed by atoms with van der Waals surface area (Å²) in [6.07, 6.45) is -3.50. The number of nitrogens with zero attached hydrogens (tertiary/aromatic N) is 1. The molecule has 1 fully saturated rings. The molecule has 1 saturated heterocycles. The van der Waals surface area contributed by atoms with Gasteiger partial charge in [-0.25, -0.2) is 0 Å². The highest BCUT2D eigenvalue weighted by molar-refractivity contribution is 5.81. The molecule has 1 aromatic carbocycles. The molecule has 0 radical (unpaired) electrons. The molecule has 0 saturated carbocycles. The Labute approximate surface area is 150 Å². The highest BCUT2D eigenvalue weighted by atomic mass is 19.4. The van der Waals surface area contributed by atoms with Crippen molar-refractivity contribution in [2.75, 3.05) is 26.8 Å². The number of benzene rings is 1. The molecule has 0 bridgehead atoms. The van der Waals surface area contributed by atoms with E-state index in [0.717, 1.165) is 12.1 Å². The van der Waals surface area contributed by atoms with Gasteiger partial charge in [0.25, 0.3) is 0 Å². The van der Waals surface area contributed by atoms with E-state index in [4.69, 9.17) is 4.74 Å². The molecule has 0 aromatic heterocycles. The fourth-order valence-electron chi connectivity index (χ4n) is 3.22. The number of halogens is 3. The van der Waals surface area contributed by atoms with Crippen LogP contribution >= 0.6 is 0 Å². The van der Waals surface area contributed by atoms with Crippen LogP contribution in [0.25, 0.3) is 0 Å². The molecule has 5 nitrogen and oxygen atoms in total. The van der Waals surface area contributed by atoms with Crippen LogP contribution in [0, 0.1) is 5.92 Å². The average molecular weight is 372 g/mol. The predicted octanol–water partition coefficient (Wildman–Crippen LogP) is 2.77. The van der Waals surface area contributed by atoms with E-state index in [1.807, 2.05) is 0 Å². The van der Waals surface area contributed by atoms with E-state index < -0.39 is 17.8 Å². The van der Waals surface area contributed by atoms with Gasteiger partial charge in [-0.2, -0.15) is 13.2 Å². The number of amides is 2. The lowest BCUT2D eigenvalue weighted by atomic mass is 9.87. The number of methoxy groups -OCH3 is 1. The molecule has 1 heterocycles. The normalized spacial score (nSPS) is 20.7. The van der Waals surface area contributed by atoms with Gasteiger partial charge in [0.05, 0.1) is 24.1 Å². The molecule has 1 aliphatic heterocycles. The van der Waals surface area contributed by atoms with Crippen LogP contribution in [-0.2, 0) is 20.5 Å². The second-order valence-corrected chi connectivity index (χ2v) is 6.37. The standard InChI is InChI=1S/C18H23F3N2O3/c1-12(24)23-11-14(17(25)22-8-9-26-2)6-7-16(23)13-4-3-5-15(10-13)18(19,20)21/h3-5,10,14,16H,6-9,11H2,1-2H3,(H,22,25). The zero-order valence-electron chi connectivity index (χ0n) is 14.8. The zero-order chi connectivity index (χ0) is 19.3. The number of hydrogen-bond acceptors (Lipinski definition) is 3. The third kappa shape index (κ3) is 4.97. The van der Waals surface area contributed by atoms with Gasteiger partial charge in [-0.3, -0.25) is 9.59 Å². The van der Waals surface area contributed by atoms with Crippen molar-refractivity contribution in [3.63, 3.8) is 0 Å². The number of alkyl halides is 3. The summed E-state index contributed by atoms with van der Waals surface area (Å²) in [5, 5.41) is 2.75. The molecule has 0 aliphatic carbocycles. The maximum atomic E-state index is 13.0. The first-order chi connectivity index (χ1) is 12.2. The number of rotatable bonds is 5. The van der Waals surface area contributed by atoms with Crippen LogP contribution in [0.15, 0.2) is 24.3 Å². The van der Waals surface area contributed by atoms with E-state index in [0.29, 0.717) is 31.6 Å². The van der Waals surface area contributed by atoms with Crippen LogP contribution in [0.2, 0.25) is 0 Å². The summed E-state index contributed by atoms with van der Waals surface area (Å²) in [4.78, 5) is 25.7. The molecule has 2 amide bonds. The molecule has 2 rings (SSSR count). The van der Waals surface area contributed by atoms with Crippen LogP contribution in [0.5, 0.6) is 0 Å². The van der Waals surface area contributed by atoms with Crippen LogP contribution in [0.4, 0.5) is 13.2 Å². The van der Waals surface area contributed by atoms with Gasteiger partial charge in [0.15, 0.2) is 0 Å². The van der Waals surface area contributed by atoms with E-state index in [-0.39, 0.29) is 24.3 Å². The predicted molar refractivity (Wildman–Crippen MR) is 89.2 cm³/mol. The summed E-state index contributed by atoms with van der Waals surface area (Å²) in [6, 6.07) is 4.57. The van der Waals surface area contributed by atoms with Gasteiger partial charge in [-0.15, -0.1) is 0 Å². The Hall–Kier alpha value is -2.09. The molecule has 1 N–H and O–H groups in total. The third-order valence-electron chi connectivity index (χ3n) is 4.56. The minimum Gasteiger partial charge on any atom is -0.383 e. The summed E-state index contributed by atoms with van der Waals surface area (Å²) in [6.45, 7) is 2.32. The smallest absolute Gasteiger partial charge is 0.383 e. The van der Waals surface area contributed by atoms with E-state index in [9.17, 15) is 22.8 Å². The number of nitrogens with one attached hydrogen (secondary N) is 1. The number of piperidine rings is 1. The maximum absolute atomic E-state index is 13.0. The highest BCUT2D eigenvalue weighted by Gasteiger charge is 2.36. The molecular weight excluding hydrogens is 349 g/mol. The minimum atomic E-state index is -4.44. The van der Waals surface area contributed by atoms with Gasteiger partial charge in [0, 0.05) is 27.1 Å². The van der Waals surface area contributed by atoms with Crippen molar-refractivity contribution in [2.45, 2.75) is 32.0 Å². The summed E-state index contributed by atoms with van der Waals surface area (Å²) >= 11 is 0. The van der Waals surface area contributed by atoms with E-state index in [2.05, 4.69) is 5.32 Å². The Kier molecular flexibility index (Phi) is 6.63. The van der Waals surface area contributed by atoms with E-state index >= 15 is 0 Å². The second kappa shape index (κ2) is 8.53. The first kappa shape index (κ1) is 20.2. The Bertz CT molecular complexity index is 649. The van der Waals surface area contributed by atoms with Crippen molar-refractivity contribution in [2.24, 2.45) is 5.92 Å². The van der Waals surface area contributed by atoms with Crippen molar-refractivity contribution in [1.82, 2.24) is 10.2 Å². The monoisotopic (exact) mass is 372 g/mol. The lowest BCUT2D eigenvalue weighted by Crippen LogP contribution is -2.46. The quantitative estimate of drug-likeness (QED) is 0.809. The van der Waals surface area contributed by atoms with Crippen LogP contribution in [-0.4, -0.2) is 43.5 Å². The number of likely N-dealkylation sites (tertiary alicyclic amines) is 1. The largest absolute Gasteiger partial charge is 0.416 e. The van der Waals surface area contributed by atoms with Gasteiger partial charge in [0.1, 0.15) is 0 Å². The second-order valence-electron chi connectivity index (χ2n) is 6.37. The molecule has 1 aromatic rings. The van der Waals surface area contributed by atoms with Gasteiger partial charge in [-0.1, -0.05) is 12.1 Å². The van der Waals surface area contributed by atoms with Gasteiger partial charge < -0.3 is 15.0 Å².